The van der Waals surface area contributed by atoms with Crippen LogP contribution in [0.1, 0.15) is 62.3 Å². The van der Waals surface area contributed by atoms with Gasteiger partial charge in [0.2, 0.25) is 0 Å². The van der Waals surface area contributed by atoms with E-state index in [1.807, 2.05) is 31.4 Å². The molecule has 5 nitrogen and oxygen atoms in total. The second-order valence-electron chi connectivity index (χ2n) is 9.27. The number of fused-ring (bicyclic) bond motifs is 1. The van der Waals surface area contributed by atoms with Crippen molar-refractivity contribution in [3.8, 4) is 22.6 Å². The molecule has 150 valence electrons. The first kappa shape index (κ1) is 19.4. The highest BCUT2D eigenvalue weighted by molar-refractivity contribution is 5.88. The van der Waals surface area contributed by atoms with Crippen LogP contribution in [-0.2, 0) is 17.9 Å². The summed E-state index contributed by atoms with van der Waals surface area (Å²) >= 11 is 0. The Morgan fingerprint density at radius 3 is 2.14 bits per heavy atom. The predicted octanol–water partition coefficient (Wildman–Crippen LogP) is 5.20. The summed E-state index contributed by atoms with van der Waals surface area (Å²) in [5.74, 6) is -0.918. The monoisotopic (exact) mass is 389 g/mol. The van der Waals surface area contributed by atoms with E-state index in [0.717, 1.165) is 46.9 Å². The highest BCUT2D eigenvalue weighted by atomic mass is 16.4. The summed E-state index contributed by atoms with van der Waals surface area (Å²) < 4.78 is 2.09. The van der Waals surface area contributed by atoms with Gasteiger partial charge in [-0.05, 0) is 42.7 Å². The molecule has 0 saturated carbocycles. The number of benzene rings is 1. The van der Waals surface area contributed by atoms with Gasteiger partial charge >= 0.3 is 5.97 Å². The molecule has 0 amide bonds. The minimum atomic E-state index is -0.918. The van der Waals surface area contributed by atoms with E-state index in [2.05, 4.69) is 38.3 Å². The Morgan fingerprint density at radius 2 is 1.52 bits per heavy atom. The molecular weight excluding hydrogens is 362 g/mol. The number of rotatable bonds is 3. The first-order chi connectivity index (χ1) is 13.6. The number of hydrogen-bond acceptors (Lipinski definition) is 3. The Bertz CT molecular complexity index is 1090. The minimum absolute atomic E-state index is 0.00845. The zero-order chi connectivity index (χ0) is 21.0. The summed E-state index contributed by atoms with van der Waals surface area (Å²) in [4.78, 5) is 21.0. The van der Waals surface area contributed by atoms with Gasteiger partial charge in [-0.1, -0.05) is 39.8 Å². The van der Waals surface area contributed by atoms with Crippen molar-refractivity contribution < 1.29 is 9.90 Å². The number of aromatic nitrogens is 3. The second-order valence-corrected chi connectivity index (χ2v) is 9.27. The van der Waals surface area contributed by atoms with Crippen molar-refractivity contribution in [2.75, 3.05) is 0 Å². The van der Waals surface area contributed by atoms with E-state index in [-0.39, 0.29) is 16.4 Å². The van der Waals surface area contributed by atoms with Crippen LogP contribution >= 0.6 is 0 Å². The summed E-state index contributed by atoms with van der Waals surface area (Å²) in [6.07, 6.45) is 4.09. The molecule has 0 spiro atoms. The molecule has 1 aromatic carbocycles. The number of carbonyl (C=O) groups is 1. The van der Waals surface area contributed by atoms with E-state index in [0.29, 0.717) is 0 Å². The number of nitrogens with zero attached hydrogens (tertiary/aromatic N) is 3. The van der Waals surface area contributed by atoms with Gasteiger partial charge in [-0.2, -0.15) is 0 Å². The molecule has 1 aliphatic rings. The molecule has 0 aliphatic heterocycles. The SMILES string of the molecule is Cn1c(-c2ccc(C(=O)O)cc2)ccc1-c1cnc2c(n1)C(C)(C)CCC2(C)C. The van der Waals surface area contributed by atoms with Gasteiger partial charge in [0.1, 0.15) is 5.69 Å². The molecule has 2 heterocycles. The van der Waals surface area contributed by atoms with Crippen molar-refractivity contribution in [1.82, 2.24) is 14.5 Å². The van der Waals surface area contributed by atoms with Crippen LogP contribution in [0.25, 0.3) is 22.6 Å². The van der Waals surface area contributed by atoms with Crippen molar-refractivity contribution in [3.63, 3.8) is 0 Å². The molecule has 4 rings (SSSR count). The average molecular weight is 389 g/mol. The van der Waals surface area contributed by atoms with Crippen LogP contribution in [0.4, 0.5) is 0 Å². The van der Waals surface area contributed by atoms with E-state index < -0.39 is 5.97 Å². The average Bonchev–Trinajstić information content (AvgIpc) is 3.07. The maximum Gasteiger partial charge on any atom is 0.335 e. The topological polar surface area (TPSA) is 68.0 Å². The number of carboxylic acids is 1. The Hall–Kier alpha value is -2.95. The van der Waals surface area contributed by atoms with Gasteiger partial charge in [0.25, 0.3) is 0 Å². The fourth-order valence-electron chi connectivity index (χ4n) is 4.18. The second kappa shape index (κ2) is 6.55. The Morgan fingerprint density at radius 1 is 0.931 bits per heavy atom. The molecule has 1 N–H and O–H groups in total. The highest BCUT2D eigenvalue weighted by Crippen LogP contribution is 2.44. The summed E-state index contributed by atoms with van der Waals surface area (Å²) in [6, 6.07) is 11.0. The fraction of sp³-hybridized carbons (Fsp3) is 0.375. The normalized spacial score (nSPS) is 17.0. The molecule has 3 aromatic rings. The molecule has 1 aliphatic carbocycles. The molecule has 0 unspecified atom stereocenters. The van der Waals surface area contributed by atoms with Crippen molar-refractivity contribution in [1.29, 1.82) is 0 Å². The summed E-state index contributed by atoms with van der Waals surface area (Å²) in [7, 11) is 2.01. The molecule has 0 radical (unpaired) electrons. The van der Waals surface area contributed by atoms with Crippen LogP contribution in [0.15, 0.2) is 42.6 Å². The Kier molecular flexibility index (Phi) is 4.37. The van der Waals surface area contributed by atoms with Crippen molar-refractivity contribution in [2.24, 2.45) is 7.05 Å². The summed E-state index contributed by atoms with van der Waals surface area (Å²) in [6.45, 7) is 8.99. The zero-order valence-corrected chi connectivity index (χ0v) is 17.7. The summed E-state index contributed by atoms with van der Waals surface area (Å²) in [5, 5.41) is 9.11. The van der Waals surface area contributed by atoms with Gasteiger partial charge in [-0.15, -0.1) is 0 Å². The van der Waals surface area contributed by atoms with E-state index in [1.165, 1.54) is 0 Å². The molecule has 29 heavy (non-hydrogen) atoms. The largest absolute Gasteiger partial charge is 0.478 e. The highest BCUT2D eigenvalue weighted by Gasteiger charge is 2.39. The van der Waals surface area contributed by atoms with Crippen LogP contribution in [0, 0.1) is 0 Å². The van der Waals surface area contributed by atoms with Gasteiger partial charge in [0.05, 0.1) is 28.8 Å². The lowest BCUT2D eigenvalue weighted by Gasteiger charge is -2.39. The van der Waals surface area contributed by atoms with Crippen molar-refractivity contribution in [3.05, 3.63) is 59.5 Å². The molecule has 0 atom stereocenters. The Balaban J connectivity index is 1.76. The molecule has 0 bridgehead atoms. The number of aromatic carboxylic acids is 1. The van der Waals surface area contributed by atoms with Crippen molar-refractivity contribution >= 4 is 5.97 Å². The standard InChI is InChI=1S/C24H27N3O2/c1-23(2)12-13-24(3,4)21-20(23)25-14-17(26-21)19-11-10-18(27(19)5)15-6-8-16(9-7-15)22(28)29/h6-11,14H,12-13H2,1-5H3,(H,28,29). The molecule has 2 aromatic heterocycles. The number of carboxylic acid groups (broad SMARTS) is 1. The first-order valence-electron chi connectivity index (χ1n) is 9.98. The maximum atomic E-state index is 11.1. The minimum Gasteiger partial charge on any atom is -0.478 e. The summed E-state index contributed by atoms with van der Waals surface area (Å²) in [5.41, 5.74) is 6.38. The van der Waals surface area contributed by atoms with Gasteiger partial charge in [0.15, 0.2) is 0 Å². The van der Waals surface area contributed by atoms with Crippen LogP contribution in [0.2, 0.25) is 0 Å². The van der Waals surface area contributed by atoms with E-state index in [4.69, 9.17) is 15.1 Å². The van der Waals surface area contributed by atoms with Crippen LogP contribution in [0.3, 0.4) is 0 Å². The smallest absolute Gasteiger partial charge is 0.335 e. The van der Waals surface area contributed by atoms with Gasteiger partial charge < -0.3 is 9.67 Å². The van der Waals surface area contributed by atoms with E-state index in [9.17, 15) is 4.79 Å². The molecule has 5 heteroatoms. The lowest BCUT2D eigenvalue weighted by atomic mass is 9.67. The van der Waals surface area contributed by atoms with Gasteiger partial charge in [0, 0.05) is 23.6 Å². The molecule has 0 fully saturated rings. The third-order valence-electron chi connectivity index (χ3n) is 6.24. The first-order valence-corrected chi connectivity index (χ1v) is 9.98. The Labute approximate surface area is 171 Å². The van der Waals surface area contributed by atoms with Crippen molar-refractivity contribution in [2.45, 2.75) is 51.4 Å². The fourth-order valence-corrected chi connectivity index (χ4v) is 4.18. The van der Waals surface area contributed by atoms with Gasteiger partial charge in [-0.3, -0.25) is 4.98 Å². The van der Waals surface area contributed by atoms with E-state index in [1.54, 1.807) is 12.1 Å². The van der Waals surface area contributed by atoms with E-state index >= 15 is 0 Å². The van der Waals surface area contributed by atoms with Gasteiger partial charge in [-0.25, -0.2) is 9.78 Å². The third-order valence-corrected chi connectivity index (χ3v) is 6.24. The molecule has 0 saturated heterocycles. The number of hydrogen-bond donors (Lipinski definition) is 1. The quantitative estimate of drug-likeness (QED) is 0.669. The maximum absolute atomic E-state index is 11.1. The lowest BCUT2D eigenvalue weighted by molar-refractivity contribution is 0.0697. The zero-order valence-electron chi connectivity index (χ0n) is 17.7. The van der Waals surface area contributed by atoms with Crippen LogP contribution < -0.4 is 0 Å². The lowest BCUT2D eigenvalue weighted by Crippen LogP contribution is -2.36. The third kappa shape index (κ3) is 3.24. The predicted molar refractivity (Wildman–Crippen MR) is 114 cm³/mol. The van der Waals surface area contributed by atoms with Crippen LogP contribution in [0.5, 0.6) is 0 Å². The van der Waals surface area contributed by atoms with Crippen LogP contribution in [-0.4, -0.2) is 25.6 Å². The molecular formula is C24H27N3O2.